The molecule has 2 aromatic carbocycles. The third-order valence-electron chi connectivity index (χ3n) is 3.75. The number of para-hydroxylation sites is 2. The van der Waals surface area contributed by atoms with E-state index in [1.807, 2.05) is 24.3 Å². The van der Waals surface area contributed by atoms with E-state index in [-0.39, 0.29) is 24.8 Å². The number of carbonyl (C=O) groups is 2. The van der Waals surface area contributed by atoms with Crippen molar-refractivity contribution < 1.29 is 18.4 Å². The molecule has 0 aromatic heterocycles. The van der Waals surface area contributed by atoms with Gasteiger partial charge in [-0.15, -0.1) is 11.8 Å². The first-order valence-electron chi connectivity index (χ1n) is 7.90. The highest BCUT2D eigenvalue weighted by atomic mass is 32.2. The highest BCUT2D eigenvalue weighted by Gasteiger charge is 2.24. The molecule has 0 saturated heterocycles. The van der Waals surface area contributed by atoms with Crippen LogP contribution in [-0.2, 0) is 9.59 Å². The highest BCUT2D eigenvalue weighted by molar-refractivity contribution is 8.00. The molecule has 0 saturated carbocycles. The van der Waals surface area contributed by atoms with Crippen molar-refractivity contribution in [1.29, 1.82) is 0 Å². The topological polar surface area (TPSA) is 49.4 Å². The van der Waals surface area contributed by atoms with Crippen LogP contribution in [0.4, 0.5) is 20.2 Å². The van der Waals surface area contributed by atoms with Gasteiger partial charge >= 0.3 is 0 Å². The Balaban J connectivity index is 1.64. The van der Waals surface area contributed by atoms with Crippen LogP contribution in [0, 0.1) is 0 Å². The predicted molar refractivity (Wildman–Crippen MR) is 101 cm³/mol. The molecular formula is C18H16F2N2O2S2. The monoisotopic (exact) mass is 394 g/mol. The Bertz CT molecular complexity index is 817. The van der Waals surface area contributed by atoms with E-state index in [0.717, 1.165) is 10.6 Å². The van der Waals surface area contributed by atoms with Gasteiger partial charge in [0.1, 0.15) is 0 Å². The van der Waals surface area contributed by atoms with Gasteiger partial charge in [-0.25, -0.2) is 0 Å². The molecule has 8 heteroatoms. The fourth-order valence-electron chi connectivity index (χ4n) is 2.59. The van der Waals surface area contributed by atoms with Crippen molar-refractivity contribution in [1.82, 2.24) is 0 Å². The number of hydrogen-bond donors (Lipinski definition) is 1. The van der Waals surface area contributed by atoms with Crippen molar-refractivity contribution in [3.05, 3.63) is 48.5 Å². The van der Waals surface area contributed by atoms with E-state index in [9.17, 15) is 18.4 Å². The molecule has 2 aromatic rings. The van der Waals surface area contributed by atoms with Gasteiger partial charge in [-0.3, -0.25) is 9.59 Å². The van der Waals surface area contributed by atoms with Crippen molar-refractivity contribution in [2.75, 3.05) is 22.5 Å². The lowest BCUT2D eigenvalue weighted by Gasteiger charge is -2.28. The average molecular weight is 394 g/mol. The van der Waals surface area contributed by atoms with Gasteiger partial charge in [0.25, 0.3) is 5.76 Å². The maximum Gasteiger partial charge on any atom is 0.288 e. The summed E-state index contributed by atoms with van der Waals surface area (Å²) in [6, 6.07) is 14.0. The van der Waals surface area contributed by atoms with E-state index in [0.29, 0.717) is 28.1 Å². The summed E-state index contributed by atoms with van der Waals surface area (Å²) < 4.78 is 25.2. The number of fused-ring (bicyclic) bond motifs is 1. The summed E-state index contributed by atoms with van der Waals surface area (Å²) in [4.78, 5) is 27.4. The molecule has 3 rings (SSSR count). The Labute approximate surface area is 158 Å². The normalized spacial score (nSPS) is 13.7. The molecule has 2 amide bonds. The lowest BCUT2D eigenvalue weighted by molar-refractivity contribution is -0.117. The molecule has 1 aliphatic heterocycles. The SMILES string of the molecule is O=C(CCN1C(=O)CSc2ccccc21)Nc1ccccc1SC(F)F. The quantitative estimate of drug-likeness (QED) is 0.735. The smallest absolute Gasteiger partial charge is 0.288 e. The van der Waals surface area contributed by atoms with Crippen molar-refractivity contribution in [3.8, 4) is 0 Å². The van der Waals surface area contributed by atoms with Gasteiger partial charge in [-0.05, 0) is 24.3 Å². The lowest BCUT2D eigenvalue weighted by atomic mass is 10.2. The zero-order valence-corrected chi connectivity index (χ0v) is 15.3. The molecule has 4 nitrogen and oxygen atoms in total. The molecule has 1 N–H and O–H groups in total. The minimum atomic E-state index is -2.56. The van der Waals surface area contributed by atoms with Gasteiger partial charge in [0.05, 0.1) is 17.1 Å². The van der Waals surface area contributed by atoms with Crippen LogP contribution >= 0.6 is 23.5 Å². The molecular weight excluding hydrogens is 378 g/mol. The minimum absolute atomic E-state index is 0.0462. The zero-order valence-electron chi connectivity index (χ0n) is 13.7. The van der Waals surface area contributed by atoms with Crippen LogP contribution in [0.2, 0.25) is 0 Å². The first-order chi connectivity index (χ1) is 12.5. The number of hydrogen-bond acceptors (Lipinski definition) is 4. The molecule has 1 heterocycles. The number of benzene rings is 2. The Morgan fingerprint density at radius 3 is 2.73 bits per heavy atom. The highest BCUT2D eigenvalue weighted by Crippen LogP contribution is 2.35. The second-order valence-corrected chi connectivity index (χ2v) is 7.52. The number of carbonyl (C=O) groups excluding carboxylic acids is 2. The third-order valence-corrected chi connectivity index (χ3v) is 5.58. The number of thioether (sulfide) groups is 2. The first-order valence-corrected chi connectivity index (χ1v) is 9.77. The molecule has 26 heavy (non-hydrogen) atoms. The van der Waals surface area contributed by atoms with Gasteiger partial charge in [0.15, 0.2) is 0 Å². The number of halogens is 2. The van der Waals surface area contributed by atoms with Crippen LogP contribution in [0.1, 0.15) is 6.42 Å². The summed E-state index contributed by atoms with van der Waals surface area (Å²) in [7, 11) is 0. The number of amides is 2. The predicted octanol–water partition coefficient (Wildman–Crippen LogP) is 4.47. The number of rotatable bonds is 6. The maximum atomic E-state index is 12.6. The number of nitrogens with zero attached hydrogens (tertiary/aromatic N) is 1. The van der Waals surface area contributed by atoms with Crippen LogP contribution in [0.15, 0.2) is 58.3 Å². The van der Waals surface area contributed by atoms with Crippen LogP contribution in [-0.4, -0.2) is 29.9 Å². The van der Waals surface area contributed by atoms with Crippen LogP contribution in [0.3, 0.4) is 0 Å². The summed E-state index contributed by atoms with van der Waals surface area (Å²) in [6.07, 6.45) is 0.0818. The first kappa shape index (κ1) is 18.7. The van der Waals surface area contributed by atoms with Gasteiger partial charge in [-0.1, -0.05) is 36.0 Å². The molecule has 0 radical (unpaired) electrons. The summed E-state index contributed by atoms with van der Waals surface area (Å²) >= 11 is 1.87. The van der Waals surface area contributed by atoms with E-state index in [1.165, 1.54) is 17.8 Å². The lowest BCUT2D eigenvalue weighted by Crippen LogP contribution is -2.37. The number of alkyl halides is 2. The van der Waals surface area contributed by atoms with E-state index in [1.54, 1.807) is 23.1 Å². The zero-order chi connectivity index (χ0) is 18.5. The molecule has 0 spiro atoms. The van der Waals surface area contributed by atoms with E-state index < -0.39 is 5.76 Å². The number of nitrogens with one attached hydrogen (secondary N) is 1. The van der Waals surface area contributed by atoms with Crippen molar-refractivity contribution in [2.24, 2.45) is 0 Å². The maximum absolute atomic E-state index is 12.6. The van der Waals surface area contributed by atoms with Crippen molar-refractivity contribution >= 4 is 46.7 Å². The van der Waals surface area contributed by atoms with Gasteiger partial charge in [0, 0.05) is 22.8 Å². The van der Waals surface area contributed by atoms with Crippen LogP contribution in [0.25, 0.3) is 0 Å². The van der Waals surface area contributed by atoms with E-state index in [4.69, 9.17) is 0 Å². The van der Waals surface area contributed by atoms with Crippen molar-refractivity contribution in [2.45, 2.75) is 22.0 Å². The van der Waals surface area contributed by atoms with Crippen LogP contribution < -0.4 is 10.2 Å². The molecule has 0 aliphatic carbocycles. The van der Waals surface area contributed by atoms with Gasteiger partial charge in [-0.2, -0.15) is 8.78 Å². The second kappa shape index (κ2) is 8.55. The standard InChI is InChI=1S/C18H16F2N2O2S2/c19-18(20)26-14-7-3-1-5-12(14)21-16(23)9-10-22-13-6-2-4-8-15(13)25-11-17(22)24/h1-8,18H,9-11H2,(H,21,23). The number of anilines is 2. The third kappa shape index (κ3) is 4.56. The Kier molecular flexibility index (Phi) is 6.16. The molecule has 0 unspecified atom stereocenters. The van der Waals surface area contributed by atoms with E-state index >= 15 is 0 Å². The Morgan fingerprint density at radius 1 is 1.19 bits per heavy atom. The minimum Gasteiger partial charge on any atom is -0.325 e. The molecule has 0 fully saturated rings. The summed E-state index contributed by atoms with van der Waals surface area (Å²) in [5.74, 6) is -2.59. The van der Waals surface area contributed by atoms with Crippen molar-refractivity contribution in [3.63, 3.8) is 0 Å². The summed E-state index contributed by atoms with van der Waals surface area (Å²) in [5, 5.41) is 2.66. The molecule has 1 aliphatic rings. The Hall–Kier alpha value is -2.06. The fraction of sp³-hybridized carbons (Fsp3) is 0.222. The van der Waals surface area contributed by atoms with Crippen LogP contribution in [0.5, 0.6) is 0 Å². The largest absolute Gasteiger partial charge is 0.325 e. The Morgan fingerprint density at radius 2 is 1.92 bits per heavy atom. The summed E-state index contributed by atoms with van der Waals surface area (Å²) in [5.41, 5.74) is 1.15. The van der Waals surface area contributed by atoms with E-state index in [2.05, 4.69) is 5.32 Å². The van der Waals surface area contributed by atoms with Gasteiger partial charge < -0.3 is 10.2 Å². The van der Waals surface area contributed by atoms with Gasteiger partial charge in [0.2, 0.25) is 11.8 Å². The molecule has 136 valence electrons. The summed E-state index contributed by atoms with van der Waals surface area (Å²) in [6.45, 7) is 0.242. The molecule has 0 atom stereocenters. The fourth-order valence-corrected chi connectivity index (χ4v) is 4.12. The molecule has 0 bridgehead atoms. The average Bonchev–Trinajstić information content (AvgIpc) is 2.62. The second-order valence-electron chi connectivity index (χ2n) is 5.47.